The average molecular weight is 925 g/mol. The van der Waals surface area contributed by atoms with E-state index >= 15 is 0 Å². The van der Waals surface area contributed by atoms with Crippen LogP contribution in [0, 0.1) is 0 Å². The number of rotatable bonds is 40. The largest absolute Gasteiger partial charge is 0.462 e. The first-order chi connectivity index (χ1) is 31.6. The number of fused-ring (bicyclic) bond motifs is 2. The number of ether oxygens (including phenoxy) is 2. The summed E-state index contributed by atoms with van der Waals surface area (Å²) in [7, 11) is 5.83. The summed E-state index contributed by atoms with van der Waals surface area (Å²) >= 11 is 0. The molecule has 0 spiro atoms. The maximum atomic E-state index is 13.0. The van der Waals surface area contributed by atoms with Crippen LogP contribution in [0.15, 0.2) is 42.5 Å². The Kier molecular flexibility index (Phi) is 30.4. The molecular formula is C54H91N3O7P+. The zero-order valence-electron chi connectivity index (χ0n) is 41.9. The highest BCUT2D eigenvalue weighted by atomic mass is 31.2. The molecule has 0 saturated carbocycles. The molecule has 1 aromatic heterocycles. The number of hydrogen-bond acceptors (Lipinski definition) is 9. The van der Waals surface area contributed by atoms with Crippen LogP contribution in [0.3, 0.4) is 0 Å². The summed E-state index contributed by atoms with van der Waals surface area (Å²) in [5.41, 5.74) is 4.29. The summed E-state index contributed by atoms with van der Waals surface area (Å²) < 4.78 is 25.3. The van der Waals surface area contributed by atoms with Crippen molar-refractivity contribution < 1.29 is 37.6 Å². The Balaban J connectivity index is 1.47. The van der Waals surface area contributed by atoms with Gasteiger partial charge in [0, 0.05) is 75.3 Å². The number of anilines is 2. The van der Waals surface area contributed by atoms with E-state index in [2.05, 4.69) is 70.7 Å². The van der Waals surface area contributed by atoms with E-state index in [0.29, 0.717) is 19.4 Å². The molecule has 11 heteroatoms. The van der Waals surface area contributed by atoms with Gasteiger partial charge in [-0.15, -0.1) is 0 Å². The third kappa shape index (κ3) is 24.5. The van der Waals surface area contributed by atoms with E-state index < -0.39 is 14.7 Å². The maximum absolute atomic E-state index is 13.0. The molecule has 0 bridgehead atoms. The van der Waals surface area contributed by atoms with Crippen LogP contribution in [-0.4, -0.2) is 70.9 Å². The fourth-order valence-electron chi connectivity index (χ4n) is 8.46. The first-order valence-electron chi connectivity index (χ1n) is 26.0. The van der Waals surface area contributed by atoms with E-state index in [9.17, 15) is 14.5 Å². The molecule has 1 heterocycles. The van der Waals surface area contributed by atoms with Crippen molar-refractivity contribution in [2.75, 3.05) is 57.8 Å². The summed E-state index contributed by atoms with van der Waals surface area (Å²) in [6.07, 6.45) is 31.9. The lowest BCUT2D eigenvalue weighted by Gasteiger charge is -2.19. The number of nitrogens with zero attached hydrogens (tertiary/aromatic N) is 3. The molecule has 3 aromatic rings. The minimum Gasteiger partial charge on any atom is -0.462 e. The second kappa shape index (κ2) is 35.2. The van der Waals surface area contributed by atoms with Crippen molar-refractivity contribution in [3.63, 3.8) is 0 Å². The number of carbonyl (C=O) groups is 2. The molecule has 0 fully saturated rings. The predicted octanol–water partition coefficient (Wildman–Crippen LogP) is 14.1. The number of esters is 2. The van der Waals surface area contributed by atoms with Crippen LogP contribution in [0.5, 0.6) is 0 Å². The van der Waals surface area contributed by atoms with Crippen molar-refractivity contribution in [2.24, 2.45) is 0 Å². The van der Waals surface area contributed by atoms with Gasteiger partial charge in [0.05, 0.1) is 6.61 Å². The highest BCUT2D eigenvalue weighted by Crippen LogP contribution is 2.33. The van der Waals surface area contributed by atoms with Gasteiger partial charge in [-0.2, -0.15) is 4.57 Å². The quantitative estimate of drug-likeness (QED) is 0.0196. The standard InChI is InChI=1S/C54H91N3O7P/c1-7-9-11-13-15-17-19-21-23-25-27-29-31-33-53(58)61-44-50(64-54(59)34-32-30-28-26-24-22-20-18-16-14-12-10-8-2)45-63-65(60)62-40-39-57-51-42-48(55(3)4)37-35-46(51)41-47-36-38-49(56(5)6)43-52(47)57/h35-38,41-43,50,60H,7-34,39-40,44-45H2,1-6H3/q+1. The molecule has 3 rings (SSSR count). The normalized spacial score (nSPS) is 12.5. The van der Waals surface area contributed by atoms with Crippen LogP contribution in [0.1, 0.15) is 194 Å². The number of carbonyl (C=O) groups excluding carboxylic acids is 2. The van der Waals surface area contributed by atoms with Crippen LogP contribution < -0.4 is 14.4 Å². The molecule has 2 aromatic carbocycles. The summed E-state index contributed by atoms with van der Waals surface area (Å²) in [5.74, 6) is -0.645. The molecule has 65 heavy (non-hydrogen) atoms. The van der Waals surface area contributed by atoms with E-state index in [1.807, 2.05) is 28.2 Å². The molecule has 10 nitrogen and oxygen atoms in total. The predicted molar refractivity (Wildman–Crippen MR) is 273 cm³/mol. The van der Waals surface area contributed by atoms with Crippen LogP contribution >= 0.6 is 8.60 Å². The average Bonchev–Trinajstić information content (AvgIpc) is 3.29. The number of unbranched alkanes of at least 4 members (excludes halogenated alkanes) is 24. The molecule has 0 aliphatic rings. The van der Waals surface area contributed by atoms with Gasteiger partial charge in [-0.1, -0.05) is 168 Å². The summed E-state index contributed by atoms with van der Waals surface area (Å²) in [6, 6.07) is 15.0. The first kappa shape index (κ1) is 56.3. The second-order valence-corrected chi connectivity index (χ2v) is 19.7. The van der Waals surface area contributed by atoms with Crippen molar-refractivity contribution in [3.8, 4) is 0 Å². The van der Waals surface area contributed by atoms with Gasteiger partial charge in [-0.05, 0) is 43.2 Å². The smallest absolute Gasteiger partial charge is 0.330 e. The van der Waals surface area contributed by atoms with Gasteiger partial charge in [0.1, 0.15) is 13.2 Å². The van der Waals surface area contributed by atoms with Crippen molar-refractivity contribution in [2.45, 2.75) is 206 Å². The third-order valence-electron chi connectivity index (χ3n) is 12.5. The van der Waals surface area contributed by atoms with Crippen molar-refractivity contribution in [1.29, 1.82) is 0 Å². The van der Waals surface area contributed by atoms with E-state index in [1.165, 1.54) is 128 Å². The Bertz CT molecular complexity index is 1660. The number of hydrogen-bond donors (Lipinski definition) is 1. The van der Waals surface area contributed by atoms with Gasteiger partial charge < -0.3 is 33.2 Å². The minimum absolute atomic E-state index is 0.120. The molecular weight excluding hydrogens is 834 g/mol. The molecule has 0 aliphatic carbocycles. The Morgan fingerprint density at radius 1 is 0.538 bits per heavy atom. The zero-order valence-corrected chi connectivity index (χ0v) is 42.8. The molecule has 2 unspecified atom stereocenters. The Hall–Kier alpha value is -3.04. The third-order valence-corrected chi connectivity index (χ3v) is 13.3. The fourth-order valence-corrected chi connectivity index (χ4v) is 9.06. The molecule has 0 aliphatic heterocycles. The van der Waals surface area contributed by atoms with Crippen molar-refractivity contribution in [1.82, 2.24) is 0 Å². The highest BCUT2D eigenvalue weighted by molar-refractivity contribution is 7.40. The monoisotopic (exact) mass is 925 g/mol. The van der Waals surface area contributed by atoms with Crippen LogP contribution in [0.4, 0.5) is 11.4 Å². The number of aromatic nitrogens is 1. The molecule has 368 valence electrons. The summed E-state index contributed by atoms with van der Waals surface area (Å²) in [4.78, 5) is 40.9. The van der Waals surface area contributed by atoms with Gasteiger partial charge >= 0.3 is 20.5 Å². The van der Waals surface area contributed by atoms with Crippen LogP contribution in [0.25, 0.3) is 21.8 Å². The van der Waals surface area contributed by atoms with E-state index in [1.54, 1.807) is 0 Å². The van der Waals surface area contributed by atoms with Crippen LogP contribution in [-0.2, 0) is 34.7 Å². The highest BCUT2D eigenvalue weighted by Gasteiger charge is 2.22. The van der Waals surface area contributed by atoms with Gasteiger partial charge in [0.15, 0.2) is 12.6 Å². The number of pyridine rings is 1. The van der Waals surface area contributed by atoms with Gasteiger partial charge in [0.2, 0.25) is 11.0 Å². The van der Waals surface area contributed by atoms with Gasteiger partial charge in [-0.3, -0.25) is 9.59 Å². The minimum atomic E-state index is -2.29. The number of benzene rings is 2. The van der Waals surface area contributed by atoms with E-state index in [0.717, 1.165) is 71.7 Å². The summed E-state index contributed by atoms with van der Waals surface area (Å²) in [5, 5.41) is 2.21. The lowest BCUT2D eigenvalue weighted by molar-refractivity contribution is -0.646. The van der Waals surface area contributed by atoms with Gasteiger partial charge in [-0.25, -0.2) is 0 Å². The molecule has 0 amide bonds. The summed E-state index contributed by atoms with van der Waals surface area (Å²) in [6.45, 7) is 4.93. The first-order valence-corrected chi connectivity index (χ1v) is 27.1. The van der Waals surface area contributed by atoms with Crippen LogP contribution in [0.2, 0.25) is 0 Å². The molecule has 0 saturated heterocycles. The van der Waals surface area contributed by atoms with Crippen molar-refractivity contribution in [3.05, 3.63) is 42.5 Å². The Morgan fingerprint density at radius 3 is 1.35 bits per heavy atom. The fraction of sp³-hybridized carbons (Fsp3) is 0.722. The maximum Gasteiger partial charge on any atom is 0.330 e. The molecule has 0 radical (unpaired) electrons. The van der Waals surface area contributed by atoms with Crippen molar-refractivity contribution >= 4 is 53.7 Å². The lowest BCUT2D eigenvalue weighted by Crippen LogP contribution is -2.38. The van der Waals surface area contributed by atoms with Gasteiger partial charge in [0.25, 0.3) is 0 Å². The second-order valence-electron chi connectivity index (χ2n) is 18.7. The Morgan fingerprint density at radius 2 is 0.938 bits per heavy atom. The molecule has 2 atom stereocenters. The topological polar surface area (TPSA) is 102 Å². The Labute approximate surface area is 396 Å². The SMILES string of the molecule is CCCCCCCCCCCCCCCC(=O)OCC(COP(O)OCC[n+]1c2cc(N(C)C)ccc2cc2ccc(N(C)C)cc21)OC(=O)CCCCCCCCCCCCCCC. The zero-order chi connectivity index (χ0) is 46.9. The lowest BCUT2D eigenvalue weighted by atomic mass is 10.0. The van der Waals surface area contributed by atoms with E-state index in [4.69, 9.17) is 18.5 Å². The van der Waals surface area contributed by atoms with E-state index in [-0.39, 0.29) is 31.8 Å². The molecule has 1 N–H and O–H groups in total.